The van der Waals surface area contributed by atoms with Crippen molar-refractivity contribution in [3.63, 3.8) is 0 Å². The summed E-state index contributed by atoms with van der Waals surface area (Å²) in [5.41, 5.74) is 0.477. The molecule has 1 aromatic carbocycles. The molecule has 0 fully saturated rings. The van der Waals surface area contributed by atoms with Crippen LogP contribution in [0.5, 0.6) is 0 Å². The highest BCUT2D eigenvalue weighted by Gasteiger charge is 2.15. The molecular weight excluding hydrogens is 275 g/mol. The maximum Gasteiger partial charge on any atom is 0.249 e. The molecule has 1 unspecified atom stereocenters. The van der Waals surface area contributed by atoms with Crippen LogP contribution < -0.4 is 5.32 Å². The van der Waals surface area contributed by atoms with E-state index in [1.807, 2.05) is 0 Å². The van der Waals surface area contributed by atoms with E-state index in [1.54, 1.807) is 6.92 Å². The molecule has 0 spiro atoms. The van der Waals surface area contributed by atoms with Gasteiger partial charge in [0.05, 0.1) is 5.56 Å². The van der Waals surface area contributed by atoms with E-state index < -0.39 is 11.9 Å². The van der Waals surface area contributed by atoms with Crippen LogP contribution in [0, 0.1) is 17.7 Å². The van der Waals surface area contributed by atoms with Crippen LogP contribution in [0.4, 0.5) is 10.1 Å². The van der Waals surface area contributed by atoms with Crippen LogP contribution in [-0.4, -0.2) is 32.4 Å². The fourth-order valence-corrected chi connectivity index (χ4v) is 1.61. The summed E-state index contributed by atoms with van der Waals surface area (Å²) in [6.45, 7) is 1.31. The number of aliphatic hydroxyl groups is 1. The maximum absolute atomic E-state index is 13.7. The van der Waals surface area contributed by atoms with Crippen molar-refractivity contribution in [2.75, 3.05) is 11.9 Å². The Morgan fingerprint density at radius 3 is 3.00 bits per heavy atom. The molecule has 21 heavy (non-hydrogen) atoms. The Labute approximate surface area is 120 Å². The Balaban J connectivity index is 2.09. The molecule has 0 radical (unpaired) electrons. The zero-order valence-electron chi connectivity index (χ0n) is 11.2. The molecule has 0 aliphatic heterocycles. The van der Waals surface area contributed by atoms with Crippen molar-refractivity contribution in [1.29, 1.82) is 0 Å². The smallest absolute Gasteiger partial charge is 0.249 e. The van der Waals surface area contributed by atoms with Gasteiger partial charge in [-0.3, -0.25) is 4.79 Å². The number of aliphatic hydroxyl groups excluding tert-OH is 1. The second-order valence-electron chi connectivity index (χ2n) is 4.20. The molecule has 6 nitrogen and oxygen atoms in total. The van der Waals surface area contributed by atoms with E-state index in [0.29, 0.717) is 5.69 Å². The summed E-state index contributed by atoms with van der Waals surface area (Å²) >= 11 is 0. The number of amides is 1. The number of anilines is 1. The molecule has 1 amide bonds. The van der Waals surface area contributed by atoms with Crippen LogP contribution in [0.2, 0.25) is 0 Å². The molecule has 2 N–H and O–H groups in total. The highest BCUT2D eigenvalue weighted by molar-refractivity contribution is 5.93. The first-order chi connectivity index (χ1) is 10.1. The van der Waals surface area contributed by atoms with Crippen molar-refractivity contribution in [1.82, 2.24) is 14.8 Å². The average molecular weight is 288 g/mol. The van der Waals surface area contributed by atoms with E-state index in [9.17, 15) is 9.18 Å². The van der Waals surface area contributed by atoms with Gasteiger partial charge in [-0.05, 0) is 25.1 Å². The van der Waals surface area contributed by atoms with Crippen LogP contribution in [0.3, 0.4) is 0 Å². The Morgan fingerprint density at radius 2 is 2.38 bits per heavy atom. The van der Waals surface area contributed by atoms with E-state index in [-0.39, 0.29) is 18.1 Å². The average Bonchev–Trinajstić information content (AvgIpc) is 2.99. The van der Waals surface area contributed by atoms with Gasteiger partial charge in [-0.15, -0.1) is 0 Å². The topological polar surface area (TPSA) is 80.0 Å². The van der Waals surface area contributed by atoms with Gasteiger partial charge in [0.15, 0.2) is 0 Å². The lowest BCUT2D eigenvalue weighted by Gasteiger charge is -2.12. The molecule has 0 aliphatic carbocycles. The number of nitrogens with zero attached hydrogens (tertiary/aromatic N) is 3. The molecule has 0 aliphatic rings. The van der Waals surface area contributed by atoms with Gasteiger partial charge in [0.2, 0.25) is 5.91 Å². The van der Waals surface area contributed by atoms with Crippen LogP contribution in [-0.2, 0) is 4.79 Å². The Morgan fingerprint density at radius 1 is 1.57 bits per heavy atom. The quantitative estimate of drug-likeness (QED) is 0.824. The van der Waals surface area contributed by atoms with E-state index in [2.05, 4.69) is 27.2 Å². The molecule has 1 aromatic heterocycles. The van der Waals surface area contributed by atoms with Gasteiger partial charge in [-0.2, -0.15) is 5.10 Å². The fourth-order valence-electron chi connectivity index (χ4n) is 1.61. The van der Waals surface area contributed by atoms with E-state index in [0.717, 1.165) is 0 Å². The lowest BCUT2D eigenvalue weighted by atomic mass is 10.2. The SMILES string of the molecule is CC(C(=O)Nc1ccc(C#CCO)c(F)c1)n1cncn1. The predicted molar refractivity (Wildman–Crippen MR) is 73.7 cm³/mol. The molecule has 2 rings (SSSR count). The number of hydrogen-bond donors (Lipinski definition) is 2. The van der Waals surface area contributed by atoms with Crippen LogP contribution in [0.25, 0.3) is 0 Å². The lowest BCUT2D eigenvalue weighted by molar-refractivity contribution is -0.119. The molecule has 7 heteroatoms. The standard InChI is InChI=1S/C14H13FN4O2/c1-10(19-9-16-8-17-19)14(21)18-12-5-4-11(3-2-6-20)13(15)7-12/h4-5,7-10,20H,6H2,1H3,(H,18,21). The molecule has 1 heterocycles. The highest BCUT2D eigenvalue weighted by atomic mass is 19.1. The van der Waals surface area contributed by atoms with Crippen molar-refractivity contribution in [3.8, 4) is 11.8 Å². The summed E-state index contributed by atoms with van der Waals surface area (Å²) in [5.74, 6) is 3.93. The van der Waals surface area contributed by atoms with Crippen LogP contribution >= 0.6 is 0 Å². The first kappa shape index (κ1) is 14.7. The number of carbonyl (C=O) groups is 1. The van der Waals surface area contributed by atoms with E-state index >= 15 is 0 Å². The monoisotopic (exact) mass is 288 g/mol. The first-order valence-electron chi connectivity index (χ1n) is 6.16. The molecule has 0 bridgehead atoms. The first-order valence-corrected chi connectivity index (χ1v) is 6.16. The molecule has 0 saturated carbocycles. The minimum atomic E-state index is -0.567. The molecule has 2 aromatic rings. The predicted octanol–water partition coefficient (Wildman–Crippen LogP) is 0.961. The van der Waals surface area contributed by atoms with Crippen LogP contribution in [0.1, 0.15) is 18.5 Å². The van der Waals surface area contributed by atoms with Crippen molar-refractivity contribution in [2.45, 2.75) is 13.0 Å². The number of aromatic nitrogens is 3. The van der Waals surface area contributed by atoms with Crippen molar-refractivity contribution in [3.05, 3.63) is 42.2 Å². The maximum atomic E-state index is 13.7. The summed E-state index contributed by atoms with van der Waals surface area (Å²) in [6, 6.07) is 3.58. The summed E-state index contributed by atoms with van der Waals surface area (Å²) in [6.07, 6.45) is 2.76. The minimum Gasteiger partial charge on any atom is -0.384 e. The summed E-state index contributed by atoms with van der Waals surface area (Å²) in [5, 5.41) is 15.0. The number of carbonyl (C=O) groups excluding carboxylic acids is 1. The number of halogens is 1. The summed E-state index contributed by atoms with van der Waals surface area (Å²) < 4.78 is 15.1. The number of hydrogen-bond acceptors (Lipinski definition) is 4. The zero-order valence-corrected chi connectivity index (χ0v) is 11.2. The van der Waals surface area contributed by atoms with Crippen LogP contribution in [0.15, 0.2) is 30.9 Å². The van der Waals surface area contributed by atoms with Gasteiger partial charge in [0.1, 0.15) is 31.1 Å². The fraction of sp³-hybridized carbons (Fsp3) is 0.214. The Kier molecular flexibility index (Phi) is 4.64. The van der Waals surface area contributed by atoms with Gasteiger partial charge < -0.3 is 10.4 Å². The highest BCUT2D eigenvalue weighted by Crippen LogP contribution is 2.15. The van der Waals surface area contributed by atoms with Crippen molar-refractivity contribution < 1.29 is 14.3 Å². The summed E-state index contributed by atoms with van der Waals surface area (Å²) in [7, 11) is 0. The minimum absolute atomic E-state index is 0.159. The largest absolute Gasteiger partial charge is 0.384 e. The van der Waals surface area contributed by atoms with Gasteiger partial charge in [0.25, 0.3) is 0 Å². The van der Waals surface area contributed by atoms with E-state index in [4.69, 9.17) is 5.11 Å². The number of rotatable bonds is 3. The number of nitrogens with one attached hydrogen (secondary N) is 1. The zero-order chi connectivity index (χ0) is 15.2. The van der Waals surface area contributed by atoms with Gasteiger partial charge in [0, 0.05) is 5.69 Å². The Bertz CT molecular complexity index is 689. The third-order valence-electron chi connectivity index (χ3n) is 2.75. The third-order valence-corrected chi connectivity index (χ3v) is 2.75. The second kappa shape index (κ2) is 6.63. The molecule has 1 atom stereocenters. The normalized spacial score (nSPS) is 11.4. The molecule has 0 saturated heterocycles. The lowest BCUT2D eigenvalue weighted by Crippen LogP contribution is -2.24. The Hall–Kier alpha value is -2.72. The van der Waals surface area contributed by atoms with Crippen molar-refractivity contribution >= 4 is 11.6 Å². The van der Waals surface area contributed by atoms with Crippen molar-refractivity contribution in [2.24, 2.45) is 0 Å². The second-order valence-corrected chi connectivity index (χ2v) is 4.20. The van der Waals surface area contributed by atoms with Gasteiger partial charge >= 0.3 is 0 Å². The summed E-state index contributed by atoms with van der Waals surface area (Å²) in [4.78, 5) is 15.8. The van der Waals surface area contributed by atoms with Gasteiger partial charge in [-0.25, -0.2) is 14.1 Å². The number of benzene rings is 1. The molecular formula is C14H13FN4O2. The third kappa shape index (κ3) is 3.64. The van der Waals surface area contributed by atoms with E-state index in [1.165, 1.54) is 35.5 Å². The molecule has 108 valence electrons. The van der Waals surface area contributed by atoms with Gasteiger partial charge in [-0.1, -0.05) is 11.8 Å².